The highest BCUT2D eigenvalue weighted by Crippen LogP contribution is 2.64. The molecule has 0 rings (SSSR count). The van der Waals surface area contributed by atoms with Crippen molar-refractivity contribution in [2.24, 2.45) is 0 Å². The van der Waals surface area contributed by atoms with E-state index in [2.05, 4.69) is 0 Å². The summed E-state index contributed by atoms with van der Waals surface area (Å²) in [5.74, 6) is -62.0. The van der Waals surface area contributed by atoms with Crippen LogP contribution in [0, 0.1) is 0 Å². The van der Waals surface area contributed by atoms with E-state index in [1.807, 2.05) is 0 Å². The monoisotopic (exact) mass is 782 g/mol. The maximum absolute atomic E-state index is 14.5. The van der Waals surface area contributed by atoms with E-state index in [0.717, 1.165) is 0 Å². The summed E-state index contributed by atoms with van der Waals surface area (Å²) in [4.78, 5) is 0. The summed E-state index contributed by atoms with van der Waals surface area (Å²) in [5.41, 5.74) is 0. The van der Waals surface area contributed by atoms with E-state index in [0.29, 0.717) is 0 Å². The van der Waals surface area contributed by atoms with Crippen molar-refractivity contribution in [2.75, 3.05) is 39.6 Å². The zero-order chi connectivity index (χ0) is 38.3. The van der Waals surface area contributed by atoms with Crippen molar-refractivity contribution in [1.82, 2.24) is 0 Å². The van der Waals surface area contributed by atoms with Crippen LogP contribution in [0.5, 0.6) is 0 Å². The Hall–Kier alpha value is -0.926. The van der Waals surface area contributed by atoms with Gasteiger partial charge in [0.2, 0.25) is 0 Å². The first-order valence-electron chi connectivity index (χ1n) is 14.4. The molecule has 0 spiro atoms. The second-order valence-corrected chi connectivity index (χ2v) is 15.3. The van der Waals surface area contributed by atoms with Gasteiger partial charge in [0, 0.05) is 64.6 Å². The van der Waals surface area contributed by atoms with Gasteiger partial charge >= 0.3 is 65.0 Å². The zero-order valence-electron chi connectivity index (χ0n) is 26.6. The van der Waals surface area contributed by atoms with E-state index < -0.39 is 130 Å². The number of hydrogen-bond acceptors (Lipinski definition) is 6. The van der Waals surface area contributed by atoms with Crippen LogP contribution in [0.1, 0.15) is 54.4 Å². The van der Waals surface area contributed by atoms with Gasteiger partial charge in [0.05, 0.1) is 0 Å². The van der Waals surface area contributed by atoms with Crippen LogP contribution >= 0.6 is 0 Å². The van der Waals surface area contributed by atoms with Crippen molar-refractivity contribution >= 4 is 17.6 Å². The highest BCUT2D eigenvalue weighted by Gasteiger charge is 2.94. The predicted molar refractivity (Wildman–Crippen MR) is 140 cm³/mol. The lowest BCUT2D eigenvalue weighted by Crippen LogP contribution is -2.74. The topological polar surface area (TPSA) is 55.4 Å². The zero-order valence-corrected chi connectivity index (χ0v) is 28.6. The molecule has 0 aromatic heterocycles. The van der Waals surface area contributed by atoms with E-state index in [9.17, 15) is 70.2 Å². The molecule has 0 bridgehead atoms. The summed E-state index contributed by atoms with van der Waals surface area (Å²) >= 11 is 0. The summed E-state index contributed by atoms with van der Waals surface area (Å²) in [6.07, 6.45) is -5.25. The van der Waals surface area contributed by atoms with Gasteiger partial charge in [-0.05, 0) is 41.5 Å². The van der Waals surface area contributed by atoms with Crippen LogP contribution in [0.2, 0.25) is 12.1 Å². The minimum Gasteiger partial charge on any atom is -0.374 e. The molecule has 48 heavy (non-hydrogen) atoms. The third-order valence-corrected chi connectivity index (χ3v) is 12.7. The smallest absolute Gasteiger partial charge is 0.374 e. The molecule has 0 aliphatic carbocycles. The predicted octanol–water partition coefficient (Wildman–Crippen LogP) is 8.95. The van der Waals surface area contributed by atoms with Gasteiger partial charge in [-0.3, -0.25) is 0 Å². The van der Waals surface area contributed by atoms with E-state index in [1.54, 1.807) is 0 Å². The van der Waals surface area contributed by atoms with Crippen molar-refractivity contribution in [2.45, 2.75) is 114 Å². The lowest BCUT2D eigenvalue weighted by molar-refractivity contribution is -0.453. The Labute approximate surface area is 268 Å². The van der Waals surface area contributed by atoms with Crippen LogP contribution in [0.25, 0.3) is 0 Å². The van der Waals surface area contributed by atoms with Crippen molar-refractivity contribution in [3.63, 3.8) is 0 Å². The minimum absolute atomic E-state index is 0.408. The number of rotatable bonds is 25. The Bertz CT molecular complexity index is 880. The van der Waals surface area contributed by atoms with Crippen molar-refractivity contribution in [3.05, 3.63) is 0 Å². The van der Waals surface area contributed by atoms with Crippen molar-refractivity contribution < 1.29 is 96.8 Å². The van der Waals surface area contributed by atoms with Crippen LogP contribution < -0.4 is 0 Å². The Kier molecular flexibility index (Phi) is 16.3. The fourth-order valence-electron chi connectivity index (χ4n) is 4.18. The first-order valence-corrected chi connectivity index (χ1v) is 18.3. The number of alkyl halides is 16. The summed E-state index contributed by atoms with van der Waals surface area (Å²) < 4.78 is 262. The molecule has 0 unspecified atom stereocenters. The largest absolute Gasteiger partial charge is 0.501 e. The van der Waals surface area contributed by atoms with E-state index in [4.69, 9.17) is 26.6 Å². The first kappa shape index (κ1) is 47.1. The van der Waals surface area contributed by atoms with Gasteiger partial charge in [-0.1, -0.05) is 0 Å². The highest BCUT2D eigenvalue weighted by atomic mass is 28.4. The van der Waals surface area contributed by atoms with Crippen LogP contribution in [0.3, 0.4) is 0 Å². The summed E-state index contributed by atoms with van der Waals surface area (Å²) in [6, 6.07) is -3.08. The van der Waals surface area contributed by atoms with Gasteiger partial charge < -0.3 is 26.6 Å². The van der Waals surface area contributed by atoms with E-state index >= 15 is 0 Å². The average molecular weight is 783 g/mol. The molecule has 0 atom stereocenters. The van der Waals surface area contributed by atoms with Crippen molar-refractivity contribution in [1.29, 1.82) is 0 Å². The summed E-state index contributed by atoms with van der Waals surface area (Å²) in [7, 11) is -8.92. The molecule has 0 N–H and O–H groups in total. The Balaban J connectivity index is 6.75. The van der Waals surface area contributed by atoms with Crippen LogP contribution in [-0.4, -0.2) is 105 Å². The molecule has 0 aromatic carbocycles. The fraction of sp³-hybridized carbons (Fsp3) is 1.00. The van der Waals surface area contributed by atoms with Gasteiger partial charge in [-0.25, -0.2) is 0 Å². The lowest BCUT2D eigenvalue weighted by atomic mass is 9.87. The van der Waals surface area contributed by atoms with Crippen LogP contribution in [0.15, 0.2) is 0 Å². The maximum Gasteiger partial charge on any atom is 0.501 e. The molecule has 0 radical (unpaired) electrons. The first-order chi connectivity index (χ1) is 21.5. The van der Waals surface area contributed by atoms with Gasteiger partial charge in [0.15, 0.2) is 0 Å². The molecule has 290 valence electrons. The summed E-state index contributed by atoms with van der Waals surface area (Å²) in [5, 5.41) is 0. The van der Waals surface area contributed by atoms with Gasteiger partial charge in [-0.15, -0.1) is 0 Å². The molecule has 0 amide bonds. The quantitative estimate of drug-likeness (QED) is 0.0682. The van der Waals surface area contributed by atoms with Crippen molar-refractivity contribution in [3.8, 4) is 0 Å². The number of hydrogen-bond donors (Lipinski definition) is 0. The molecular weight excluding hydrogens is 744 g/mol. The second-order valence-electron chi connectivity index (χ2n) is 9.82. The van der Waals surface area contributed by atoms with Crippen LogP contribution in [-0.2, 0) is 26.6 Å². The third kappa shape index (κ3) is 8.74. The molecule has 0 saturated heterocycles. The molecule has 0 heterocycles. The van der Waals surface area contributed by atoms with Gasteiger partial charge in [-0.2, -0.15) is 70.2 Å². The summed E-state index contributed by atoms with van der Waals surface area (Å²) in [6.45, 7) is 4.87. The SMILES string of the molecule is CCO[Si](CCC(F)(F)C(F)(F)C(F)(F)C(F)(F)C(F)(F)C(F)(F)C(F)(F)C(F)(F)CC[Si](OCC)(OCC)OCC)(OCC)OCC. The van der Waals surface area contributed by atoms with E-state index in [-0.39, 0.29) is 0 Å². The molecule has 0 aliphatic heterocycles. The van der Waals surface area contributed by atoms with Gasteiger partial charge in [0.1, 0.15) is 0 Å². The maximum atomic E-state index is 14.5. The lowest BCUT2D eigenvalue weighted by Gasteiger charge is -2.44. The third-order valence-electron chi connectivity index (χ3n) is 6.57. The Morgan fingerprint density at radius 3 is 0.646 bits per heavy atom. The minimum atomic E-state index is -8.52. The van der Waals surface area contributed by atoms with Crippen LogP contribution in [0.4, 0.5) is 70.2 Å². The van der Waals surface area contributed by atoms with Gasteiger partial charge in [0.25, 0.3) is 0 Å². The average Bonchev–Trinajstić information content (AvgIpc) is 2.95. The highest BCUT2D eigenvalue weighted by molar-refractivity contribution is 6.61. The Morgan fingerprint density at radius 1 is 0.312 bits per heavy atom. The molecular formula is C24H38F16O6Si2. The molecule has 0 saturated carbocycles. The Morgan fingerprint density at radius 2 is 0.479 bits per heavy atom. The molecule has 6 nitrogen and oxygen atoms in total. The molecule has 24 heteroatoms. The molecule has 0 fully saturated rings. The van der Waals surface area contributed by atoms with E-state index in [1.165, 1.54) is 41.5 Å². The fourth-order valence-corrected chi connectivity index (χ4v) is 9.43. The number of halogens is 16. The normalized spacial score (nSPS) is 15.4. The molecule has 0 aliphatic rings. The molecule has 0 aromatic rings. The standard InChI is InChI=1S/C24H38F16O6Si2/c1-7-41-47(42-8-2,43-9-3)15-13-17(25,26)19(29,30)21(33,34)23(37,38)24(39,40)22(35,36)20(31,32)18(27,28)14-16-48(44-10-4,45-11-5)46-12-6/h7-16H2,1-6H3. The second kappa shape index (κ2) is 16.6.